The minimum atomic E-state index is -0.562. The Morgan fingerprint density at radius 1 is 0.897 bits per heavy atom. The van der Waals surface area contributed by atoms with Crippen LogP contribution in [0, 0.1) is 0 Å². The van der Waals surface area contributed by atoms with E-state index in [2.05, 4.69) is 41.0 Å². The van der Waals surface area contributed by atoms with E-state index in [1.807, 2.05) is 48.5 Å². The molecule has 3 aromatic rings. The molecular weight excluding hydrogens is 360 g/mol. The van der Waals surface area contributed by atoms with E-state index in [4.69, 9.17) is 0 Å². The summed E-state index contributed by atoms with van der Waals surface area (Å²) in [6.45, 7) is 2.54. The highest BCUT2D eigenvalue weighted by molar-refractivity contribution is 5.94. The average Bonchev–Trinajstić information content (AvgIpc) is 2.76. The van der Waals surface area contributed by atoms with Crippen molar-refractivity contribution in [2.45, 2.75) is 13.0 Å². The Kier molecular flexibility index (Phi) is 7.20. The van der Waals surface area contributed by atoms with Crippen LogP contribution in [0.5, 0.6) is 0 Å². The summed E-state index contributed by atoms with van der Waals surface area (Å²) >= 11 is 0. The molecule has 3 aromatic carbocycles. The van der Waals surface area contributed by atoms with Gasteiger partial charge in [0, 0.05) is 24.3 Å². The van der Waals surface area contributed by atoms with Crippen LogP contribution in [0.4, 0.5) is 5.69 Å². The first-order valence-electron chi connectivity index (χ1n) is 9.73. The quantitative estimate of drug-likeness (QED) is 0.501. The molecule has 0 aromatic heterocycles. The van der Waals surface area contributed by atoms with Gasteiger partial charge in [0.1, 0.15) is 0 Å². The average molecular weight is 386 g/mol. The van der Waals surface area contributed by atoms with Gasteiger partial charge >= 0.3 is 0 Å². The van der Waals surface area contributed by atoms with Crippen molar-refractivity contribution in [3.05, 3.63) is 102 Å². The minimum absolute atomic E-state index is 0.189. The summed E-state index contributed by atoms with van der Waals surface area (Å²) in [7, 11) is 0. The lowest BCUT2D eigenvalue weighted by atomic mass is 10.0. The zero-order valence-corrected chi connectivity index (χ0v) is 16.5. The number of hydrogen-bond acceptors (Lipinski definition) is 3. The number of aliphatic hydroxyl groups excluding tert-OH is 1. The molecule has 0 spiro atoms. The molecule has 0 bridgehead atoms. The number of nitrogens with one attached hydrogen (secondary N) is 2. The van der Waals surface area contributed by atoms with Gasteiger partial charge in [-0.15, -0.1) is 0 Å². The molecule has 0 aliphatic rings. The van der Waals surface area contributed by atoms with Gasteiger partial charge in [-0.2, -0.15) is 0 Å². The van der Waals surface area contributed by atoms with E-state index in [9.17, 15) is 9.90 Å². The molecule has 0 saturated heterocycles. The Morgan fingerprint density at radius 3 is 2.14 bits per heavy atom. The van der Waals surface area contributed by atoms with Gasteiger partial charge in [-0.3, -0.25) is 4.79 Å². The molecule has 1 amide bonds. The maximum Gasteiger partial charge on any atom is 0.251 e. The number of anilines is 1. The molecule has 0 unspecified atom stereocenters. The number of aliphatic hydroxyl groups is 1. The summed E-state index contributed by atoms with van der Waals surface area (Å²) < 4.78 is 0. The summed E-state index contributed by atoms with van der Waals surface area (Å²) in [4.78, 5) is 12.1. The largest absolute Gasteiger partial charge is 0.392 e. The topological polar surface area (TPSA) is 61.4 Å². The standard InChI is InChI=1S/C25H26N2O2/c1-19(28)17-27-25(29)22-12-14-24(15-13-22)26-18-23(21-10-6-3-7-11-21)16-20-8-4-2-5-9-20/h2-16,19,26,28H,17-18H2,1H3,(H,27,29)/b23-16-/t19-/m1/s1. The van der Waals surface area contributed by atoms with E-state index < -0.39 is 6.10 Å². The maximum absolute atomic E-state index is 12.1. The van der Waals surface area contributed by atoms with Gasteiger partial charge < -0.3 is 15.7 Å². The van der Waals surface area contributed by atoms with Crippen LogP contribution < -0.4 is 10.6 Å². The molecule has 4 heteroatoms. The molecule has 148 valence electrons. The molecular formula is C25H26N2O2. The van der Waals surface area contributed by atoms with Crippen LogP contribution in [0.15, 0.2) is 84.9 Å². The van der Waals surface area contributed by atoms with E-state index in [0.29, 0.717) is 12.1 Å². The smallest absolute Gasteiger partial charge is 0.251 e. The second-order valence-corrected chi connectivity index (χ2v) is 6.94. The first-order valence-corrected chi connectivity index (χ1v) is 9.73. The van der Waals surface area contributed by atoms with Gasteiger partial charge in [-0.25, -0.2) is 0 Å². The van der Waals surface area contributed by atoms with Gasteiger partial charge in [0.15, 0.2) is 0 Å². The fourth-order valence-corrected chi connectivity index (χ4v) is 2.92. The zero-order valence-electron chi connectivity index (χ0n) is 16.5. The number of amides is 1. The van der Waals surface area contributed by atoms with Crippen LogP contribution in [0.3, 0.4) is 0 Å². The molecule has 4 nitrogen and oxygen atoms in total. The van der Waals surface area contributed by atoms with Crippen molar-refractivity contribution in [1.82, 2.24) is 5.32 Å². The lowest BCUT2D eigenvalue weighted by Crippen LogP contribution is -2.30. The maximum atomic E-state index is 12.1. The van der Waals surface area contributed by atoms with Crippen molar-refractivity contribution >= 4 is 23.2 Å². The van der Waals surface area contributed by atoms with Gasteiger partial charge in [-0.1, -0.05) is 60.7 Å². The van der Waals surface area contributed by atoms with Crippen LogP contribution in [-0.4, -0.2) is 30.2 Å². The van der Waals surface area contributed by atoms with Gasteiger partial charge in [-0.05, 0) is 54.0 Å². The molecule has 0 aliphatic carbocycles. The molecule has 3 N–H and O–H groups in total. The third-order valence-electron chi connectivity index (χ3n) is 4.47. The van der Waals surface area contributed by atoms with Crippen LogP contribution in [0.1, 0.15) is 28.4 Å². The molecule has 29 heavy (non-hydrogen) atoms. The molecule has 0 aliphatic heterocycles. The number of carbonyl (C=O) groups is 1. The van der Waals surface area contributed by atoms with Gasteiger partial charge in [0.25, 0.3) is 5.91 Å². The van der Waals surface area contributed by atoms with Crippen molar-refractivity contribution in [2.75, 3.05) is 18.4 Å². The summed E-state index contributed by atoms with van der Waals surface area (Å²) in [6, 6.07) is 27.9. The number of rotatable bonds is 8. The SMILES string of the molecule is C[C@@H](O)CNC(=O)c1ccc(NC/C(=C/c2ccccc2)c2ccccc2)cc1. The van der Waals surface area contributed by atoms with Crippen molar-refractivity contribution in [3.8, 4) is 0 Å². The summed E-state index contributed by atoms with van der Waals surface area (Å²) in [6.07, 6.45) is 1.62. The molecule has 0 fully saturated rings. The first-order chi connectivity index (χ1) is 14.1. The van der Waals surface area contributed by atoms with E-state index in [-0.39, 0.29) is 12.5 Å². The molecule has 0 heterocycles. The van der Waals surface area contributed by atoms with Crippen molar-refractivity contribution in [3.63, 3.8) is 0 Å². The highest BCUT2D eigenvalue weighted by atomic mass is 16.3. The van der Waals surface area contributed by atoms with Crippen LogP contribution in [0.25, 0.3) is 11.6 Å². The van der Waals surface area contributed by atoms with Crippen LogP contribution >= 0.6 is 0 Å². The van der Waals surface area contributed by atoms with Crippen molar-refractivity contribution in [2.24, 2.45) is 0 Å². The fourth-order valence-electron chi connectivity index (χ4n) is 2.92. The zero-order chi connectivity index (χ0) is 20.5. The van der Waals surface area contributed by atoms with Crippen molar-refractivity contribution in [1.29, 1.82) is 0 Å². The number of hydrogen-bond donors (Lipinski definition) is 3. The fraction of sp³-hybridized carbons (Fsp3) is 0.160. The predicted molar refractivity (Wildman–Crippen MR) is 120 cm³/mol. The summed E-state index contributed by atoms with van der Waals surface area (Å²) in [5.74, 6) is -0.189. The molecule has 0 saturated carbocycles. The second-order valence-electron chi connectivity index (χ2n) is 6.94. The Morgan fingerprint density at radius 2 is 1.52 bits per heavy atom. The molecule has 3 rings (SSSR count). The summed E-state index contributed by atoms with van der Waals surface area (Å²) in [5, 5.41) is 15.4. The minimum Gasteiger partial charge on any atom is -0.392 e. The second kappa shape index (κ2) is 10.2. The van der Waals surface area contributed by atoms with Crippen molar-refractivity contribution < 1.29 is 9.90 Å². The van der Waals surface area contributed by atoms with Crippen LogP contribution in [-0.2, 0) is 0 Å². The normalized spacial score (nSPS) is 12.3. The van der Waals surface area contributed by atoms with E-state index in [0.717, 1.165) is 16.8 Å². The highest BCUT2D eigenvalue weighted by Crippen LogP contribution is 2.20. The number of carbonyl (C=O) groups excluding carboxylic acids is 1. The van der Waals surface area contributed by atoms with E-state index in [1.165, 1.54) is 5.57 Å². The Labute approximate surface area is 171 Å². The van der Waals surface area contributed by atoms with E-state index >= 15 is 0 Å². The third-order valence-corrected chi connectivity index (χ3v) is 4.47. The van der Waals surface area contributed by atoms with E-state index in [1.54, 1.807) is 19.1 Å². The van der Waals surface area contributed by atoms with Crippen LogP contribution in [0.2, 0.25) is 0 Å². The Balaban J connectivity index is 1.70. The highest BCUT2D eigenvalue weighted by Gasteiger charge is 2.07. The lowest BCUT2D eigenvalue weighted by Gasteiger charge is -2.12. The first kappa shape index (κ1) is 20.4. The lowest BCUT2D eigenvalue weighted by molar-refractivity contribution is 0.0924. The van der Waals surface area contributed by atoms with Gasteiger partial charge in [0.05, 0.1) is 6.10 Å². The Bertz CT molecular complexity index is 934. The number of benzene rings is 3. The third kappa shape index (κ3) is 6.33. The molecule has 0 radical (unpaired) electrons. The monoisotopic (exact) mass is 386 g/mol. The molecule has 1 atom stereocenters. The Hall–Kier alpha value is -3.37. The van der Waals surface area contributed by atoms with Gasteiger partial charge in [0.2, 0.25) is 0 Å². The predicted octanol–water partition coefficient (Wildman–Crippen LogP) is 4.45. The summed E-state index contributed by atoms with van der Waals surface area (Å²) in [5.41, 5.74) is 5.00.